The van der Waals surface area contributed by atoms with Gasteiger partial charge in [-0.05, 0) is 37.5 Å². The highest BCUT2D eigenvalue weighted by Gasteiger charge is 2.22. The van der Waals surface area contributed by atoms with Gasteiger partial charge in [0.15, 0.2) is 0 Å². The van der Waals surface area contributed by atoms with Crippen LogP contribution in [0.1, 0.15) is 30.3 Å². The van der Waals surface area contributed by atoms with Crippen LogP contribution in [0.5, 0.6) is 0 Å². The van der Waals surface area contributed by atoms with Crippen LogP contribution in [0.2, 0.25) is 5.02 Å². The second-order valence-corrected chi connectivity index (χ2v) is 6.54. The number of halogens is 2. The van der Waals surface area contributed by atoms with Crippen LogP contribution in [-0.2, 0) is 13.0 Å². The van der Waals surface area contributed by atoms with Crippen molar-refractivity contribution in [2.24, 2.45) is 0 Å². The molecule has 2 aromatic rings. The van der Waals surface area contributed by atoms with Crippen molar-refractivity contribution in [1.29, 1.82) is 0 Å². The Morgan fingerprint density at radius 2 is 2.25 bits per heavy atom. The van der Waals surface area contributed by atoms with E-state index in [1.165, 1.54) is 23.8 Å². The molecule has 1 N–H and O–H groups in total. The summed E-state index contributed by atoms with van der Waals surface area (Å²) in [6.45, 7) is 2.90. The van der Waals surface area contributed by atoms with Crippen LogP contribution < -0.4 is 5.32 Å². The van der Waals surface area contributed by atoms with Crippen LogP contribution >= 0.6 is 22.9 Å². The van der Waals surface area contributed by atoms with Gasteiger partial charge in [-0.15, -0.1) is 11.3 Å². The zero-order valence-corrected chi connectivity index (χ0v) is 12.8. The molecule has 1 saturated carbocycles. The number of nitrogens with zero attached hydrogens (tertiary/aromatic N) is 1. The maximum atomic E-state index is 13.9. The summed E-state index contributed by atoms with van der Waals surface area (Å²) in [5.41, 5.74) is 1.55. The van der Waals surface area contributed by atoms with E-state index in [-0.39, 0.29) is 5.82 Å². The molecule has 0 bridgehead atoms. The molecule has 3 rings (SSSR count). The lowest BCUT2D eigenvalue weighted by Crippen LogP contribution is -2.15. The van der Waals surface area contributed by atoms with E-state index in [0.29, 0.717) is 16.6 Å². The summed E-state index contributed by atoms with van der Waals surface area (Å²) in [5.74, 6) is -0.271. The first-order valence-electron chi connectivity index (χ1n) is 6.84. The first-order chi connectivity index (χ1) is 9.67. The fraction of sp³-hybridized carbons (Fsp3) is 0.400. The maximum Gasteiger partial charge on any atom is 0.133 e. The molecule has 0 unspecified atom stereocenters. The molecule has 1 aromatic heterocycles. The van der Waals surface area contributed by atoms with Gasteiger partial charge in [0, 0.05) is 28.0 Å². The zero-order chi connectivity index (χ0) is 14.1. The molecule has 2 nitrogen and oxygen atoms in total. The second kappa shape index (κ2) is 5.80. The number of hydrogen-bond acceptors (Lipinski definition) is 3. The van der Waals surface area contributed by atoms with Crippen molar-refractivity contribution < 1.29 is 4.39 Å². The van der Waals surface area contributed by atoms with Crippen LogP contribution in [0, 0.1) is 5.82 Å². The third-order valence-corrected chi connectivity index (χ3v) is 4.77. The van der Waals surface area contributed by atoms with E-state index in [9.17, 15) is 4.39 Å². The molecule has 0 amide bonds. The third kappa shape index (κ3) is 3.03. The predicted molar refractivity (Wildman–Crippen MR) is 81.8 cm³/mol. The molecule has 0 radical (unpaired) electrons. The van der Waals surface area contributed by atoms with Crippen LogP contribution in [0.25, 0.3) is 10.6 Å². The Kier molecular flexibility index (Phi) is 4.06. The molecule has 5 heteroatoms. The number of hydrogen-bond donors (Lipinski definition) is 1. The summed E-state index contributed by atoms with van der Waals surface area (Å²) in [7, 11) is 0. The highest BCUT2D eigenvalue weighted by Crippen LogP contribution is 2.32. The monoisotopic (exact) mass is 310 g/mol. The van der Waals surface area contributed by atoms with E-state index in [4.69, 9.17) is 11.6 Å². The van der Waals surface area contributed by atoms with Crippen LogP contribution in [0.3, 0.4) is 0 Å². The summed E-state index contributed by atoms with van der Waals surface area (Å²) < 4.78 is 13.9. The SMILES string of the molecule is CCc1nc(-c2cc(Cl)ccc2F)sc1CNC1CC1. The van der Waals surface area contributed by atoms with Gasteiger partial charge >= 0.3 is 0 Å². The third-order valence-electron chi connectivity index (χ3n) is 3.40. The van der Waals surface area contributed by atoms with Gasteiger partial charge in [-0.25, -0.2) is 9.37 Å². The van der Waals surface area contributed by atoms with Gasteiger partial charge in [-0.1, -0.05) is 18.5 Å². The number of benzene rings is 1. The van der Waals surface area contributed by atoms with Crippen LogP contribution in [0.4, 0.5) is 4.39 Å². The van der Waals surface area contributed by atoms with Crippen LogP contribution in [0.15, 0.2) is 18.2 Å². The van der Waals surface area contributed by atoms with E-state index in [1.54, 1.807) is 23.5 Å². The fourth-order valence-corrected chi connectivity index (χ4v) is 3.39. The Bertz CT molecular complexity index is 622. The smallest absolute Gasteiger partial charge is 0.133 e. The number of aryl methyl sites for hydroxylation is 1. The molecule has 1 aromatic carbocycles. The highest BCUT2D eigenvalue weighted by molar-refractivity contribution is 7.15. The van der Waals surface area contributed by atoms with Crippen LogP contribution in [-0.4, -0.2) is 11.0 Å². The zero-order valence-electron chi connectivity index (χ0n) is 11.2. The quantitative estimate of drug-likeness (QED) is 0.884. The van der Waals surface area contributed by atoms with Gasteiger partial charge in [0.2, 0.25) is 0 Å². The fourth-order valence-electron chi connectivity index (χ4n) is 2.10. The van der Waals surface area contributed by atoms with Gasteiger partial charge in [0.25, 0.3) is 0 Å². The molecule has 1 aliphatic carbocycles. The lowest BCUT2D eigenvalue weighted by atomic mass is 10.2. The van der Waals surface area contributed by atoms with Crippen molar-refractivity contribution in [3.8, 4) is 10.6 Å². The van der Waals surface area contributed by atoms with Gasteiger partial charge in [0.1, 0.15) is 10.8 Å². The van der Waals surface area contributed by atoms with Crippen molar-refractivity contribution in [2.45, 2.75) is 38.8 Å². The minimum atomic E-state index is -0.271. The Labute approximate surface area is 127 Å². The topological polar surface area (TPSA) is 24.9 Å². The van der Waals surface area contributed by atoms with Crippen molar-refractivity contribution in [2.75, 3.05) is 0 Å². The Morgan fingerprint density at radius 3 is 2.95 bits per heavy atom. The Balaban J connectivity index is 1.90. The average molecular weight is 311 g/mol. The molecule has 1 aliphatic rings. The van der Waals surface area contributed by atoms with E-state index in [2.05, 4.69) is 17.2 Å². The van der Waals surface area contributed by atoms with Crippen molar-refractivity contribution >= 4 is 22.9 Å². The average Bonchev–Trinajstić information content (AvgIpc) is 3.18. The van der Waals surface area contributed by atoms with Gasteiger partial charge in [-0.3, -0.25) is 0 Å². The summed E-state index contributed by atoms with van der Waals surface area (Å²) in [6.07, 6.45) is 3.38. The van der Waals surface area contributed by atoms with Gasteiger partial charge in [0.05, 0.1) is 5.69 Å². The van der Waals surface area contributed by atoms with E-state index >= 15 is 0 Å². The molecule has 0 saturated heterocycles. The molecule has 1 fully saturated rings. The summed E-state index contributed by atoms with van der Waals surface area (Å²) >= 11 is 7.51. The molecule has 106 valence electrons. The lowest BCUT2D eigenvalue weighted by molar-refractivity contribution is 0.631. The highest BCUT2D eigenvalue weighted by atomic mass is 35.5. The molecule has 0 aliphatic heterocycles. The standard InChI is InChI=1S/C15H16ClFN2S/c1-2-13-14(8-18-10-4-5-10)20-15(19-13)11-7-9(16)3-6-12(11)17/h3,6-7,10,18H,2,4-5,8H2,1H3. The second-order valence-electron chi connectivity index (χ2n) is 5.02. The van der Waals surface area contributed by atoms with Crippen molar-refractivity contribution in [3.63, 3.8) is 0 Å². The first kappa shape index (κ1) is 14.0. The first-order valence-corrected chi connectivity index (χ1v) is 8.04. The summed E-state index contributed by atoms with van der Waals surface area (Å²) in [5, 5.41) is 4.74. The molecular formula is C15H16ClFN2S. The minimum Gasteiger partial charge on any atom is -0.309 e. The summed E-state index contributed by atoms with van der Waals surface area (Å²) in [4.78, 5) is 5.78. The molecule has 0 spiro atoms. The lowest BCUT2D eigenvalue weighted by Gasteiger charge is -2.00. The normalized spacial score (nSPS) is 14.8. The molecule has 1 heterocycles. The van der Waals surface area contributed by atoms with Crippen molar-refractivity contribution in [1.82, 2.24) is 10.3 Å². The largest absolute Gasteiger partial charge is 0.309 e. The molecule has 0 atom stereocenters. The Hall–Kier alpha value is -0.970. The predicted octanol–water partition coefficient (Wildman–Crippen LogP) is 4.42. The van der Waals surface area contributed by atoms with E-state index in [0.717, 1.165) is 23.7 Å². The van der Waals surface area contributed by atoms with E-state index in [1.807, 2.05) is 0 Å². The molecular weight excluding hydrogens is 295 g/mol. The number of rotatable bonds is 5. The summed E-state index contributed by atoms with van der Waals surface area (Å²) in [6, 6.07) is 5.26. The number of aromatic nitrogens is 1. The van der Waals surface area contributed by atoms with E-state index < -0.39 is 0 Å². The minimum absolute atomic E-state index is 0.271. The Morgan fingerprint density at radius 1 is 1.45 bits per heavy atom. The molecule has 20 heavy (non-hydrogen) atoms. The number of nitrogens with one attached hydrogen (secondary N) is 1. The number of thiazole rings is 1. The van der Waals surface area contributed by atoms with Gasteiger partial charge in [-0.2, -0.15) is 0 Å². The van der Waals surface area contributed by atoms with Gasteiger partial charge < -0.3 is 5.32 Å². The maximum absolute atomic E-state index is 13.9. The van der Waals surface area contributed by atoms with Crippen molar-refractivity contribution in [3.05, 3.63) is 39.6 Å².